The first-order chi connectivity index (χ1) is 9.36. The third kappa shape index (κ3) is 8.06. The van der Waals surface area contributed by atoms with Crippen LogP contribution in [0.1, 0.15) is 32.1 Å². The van der Waals surface area contributed by atoms with Crippen LogP contribution in [0.3, 0.4) is 0 Å². The summed E-state index contributed by atoms with van der Waals surface area (Å²) in [5, 5.41) is 6.56. The van der Waals surface area contributed by atoms with Gasteiger partial charge in [-0.25, -0.2) is 0 Å². The Morgan fingerprint density at radius 2 is 1.79 bits per heavy atom. The zero-order valence-electron chi connectivity index (χ0n) is 12.6. The van der Waals surface area contributed by atoms with E-state index in [0.717, 1.165) is 19.0 Å². The fraction of sp³-hybridized carbons (Fsp3) is 0.929. The maximum atomic E-state index is 5.00. The van der Waals surface area contributed by atoms with Crippen LogP contribution in [0.4, 0.5) is 0 Å². The van der Waals surface area contributed by atoms with Crippen molar-refractivity contribution in [3.63, 3.8) is 0 Å². The molecule has 112 valence electrons. The number of likely N-dealkylation sites (tertiary alicyclic amines) is 1. The summed E-state index contributed by atoms with van der Waals surface area (Å²) in [6.07, 6.45) is 6.72. The predicted octanol–water partition coefficient (Wildman–Crippen LogP) is 1.06. The van der Waals surface area contributed by atoms with Gasteiger partial charge in [0.1, 0.15) is 0 Å². The van der Waals surface area contributed by atoms with Crippen LogP contribution in [0.5, 0.6) is 0 Å². The van der Waals surface area contributed by atoms with Gasteiger partial charge >= 0.3 is 0 Å². The molecule has 5 nitrogen and oxygen atoms in total. The minimum atomic E-state index is 0.703. The Balaban J connectivity index is 2.04. The minimum absolute atomic E-state index is 0.703. The van der Waals surface area contributed by atoms with E-state index in [-0.39, 0.29) is 0 Å². The van der Waals surface area contributed by atoms with Gasteiger partial charge in [-0.05, 0) is 38.9 Å². The molecule has 1 aliphatic rings. The van der Waals surface area contributed by atoms with Gasteiger partial charge in [0, 0.05) is 27.2 Å². The first-order valence-electron chi connectivity index (χ1n) is 7.52. The molecule has 1 heterocycles. The Labute approximate surface area is 117 Å². The molecular weight excluding hydrogens is 240 g/mol. The number of nitrogens with zero attached hydrogens (tertiary/aromatic N) is 2. The van der Waals surface area contributed by atoms with E-state index in [0.29, 0.717) is 6.61 Å². The monoisotopic (exact) mass is 270 g/mol. The first-order valence-corrected chi connectivity index (χ1v) is 7.52. The van der Waals surface area contributed by atoms with Crippen molar-refractivity contribution in [2.75, 3.05) is 53.5 Å². The maximum Gasteiger partial charge on any atom is 0.191 e. The van der Waals surface area contributed by atoms with Crippen molar-refractivity contribution in [2.45, 2.75) is 32.1 Å². The smallest absolute Gasteiger partial charge is 0.191 e. The summed E-state index contributed by atoms with van der Waals surface area (Å²) in [7, 11) is 3.51. The first kappa shape index (κ1) is 16.2. The Hall–Kier alpha value is -0.810. The molecule has 1 fully saturated rings. The lowest BCUT2D eigenvalue weighted by molar-refractivity contribution is 0.203. The van der Waals surface area contributed by atoms with Crippen molar-refractivity contribution >= 4 is 5.96 Å². The van der Waals surface area contributed by atoms with Gasteiger partial charge in [0.25, 0.3) is 0 Å². The van der Waals surface area contributed by atoms with Crippen molar-refractivity contribution < 1.29 is 4.74 Å². The molecule has 0 saturated carbocycles. The van der Waals surface area contributed by atoms with E-state index in [1.54, 1.807) is 14.2 Å². The molecule has 5 heteroatoms. The molecule has 0 spiro atoms. The molecule has 19 heavy (non-hydrogen) atoms. The molecule has 1 aliphatic heterocycles. The highest BCUT2D eigenvalue weighted by Crippen LogP contribution is 2.09. The van der Waals surface area contributed by atoms with Gasteiger partial charge in [-0.15, -0.1) is 0 Å². The van der Waals surface area contributed by atoms with Gasteiger partial charge in [0.05, 0.1) is 6.61 Å². The molecule has 0 aromatic carbocycles. The van der Waals surface area contributed by atoms with E-state index in [4.69, 9.17) is 4.74 Å². The standard InChI is InChI=1S/C14H30N4O/c1-15-14(17-9-13-19-2)16-8-7-12-18-10-5-3-4-6-11-18/h3-13H2,1-2H3,(H2,15,16,17). The van der Waals surface area contributed by atoms with Crippen LogP contribution in [0.2, 0.25) is 0 Å². The summed E-state index contributed by atoms with van der Waals surface area (Å²) in [4.78, 5) is 6.78. The molecule has 0 unspecified atom stereocenters. The lowest BCUT2D eigenvalue weighted by atomic mass is 10.2. The van der Waals surface area contributed by atoms with Gasteiger partial charge in [0.15, 0.2) is 5.96 Å². The molecule has 0 amide bonds. The number of methoxy groups -OCH3 is 1. The quantitative estimate of drug-likeness (QED) is 0.413. The predicted molar refractivity (Wildman–Crippen MR) is 80.8 cm³/mol. The van der Waals surface area contributed by atoms with E-state index in [2.05, 4.69) is 20.5 Å². The van der Waals surface area contributed by atoms with Crippen molar-refractivity contribution in [3.05, 3.63) is 0 Å². The van der Waals surface area contributed by atoms with Crippen molar-refractivity contribution in [1.82, 2.24) is 15.5 Å². The van der Waals surface area contributed by atoms with Crippen LogP contribution in [0.25, 0.3) is 0 Å². The second kappa shape index (κ2) is 11.1. The summed E-state index contributed by atoms with van der Waals surface area (Å²) >= 11 is 0. The number of nitrogens with one attached hydrogen (secondary N) is 2. The van der Waals surface area contributed by atoms with E-state index in [1.165, 1.54) is 51.7 Å². The molecular formula is C14H30N4O. The number of guanidine groups is 1. The number of ether oxygens (including phenoxy) is 1. The van der Waals surface area contributed by atoms with E-state index >= 15 is 0 Å². The van der Waals surface area contributed by atoms with Crippen LogP contribution in [-0.2, 0) is 4.74 Å². The maximum absolute atomic E-state index is 5.00. The van der Waals surface area contributed by atoms with E-state index in [9.17, 15) is 0 Å². The summed E-state index contributed by atoms with van der Waals surface area (Å²) in [5.74, 6) is 0.868. The lowest BCUT2D eigenvalue weighted by Gasteiger charge is -2.20. The van der Waals surface area contributed by atoms with Crippen LogP contribution in [0.15, 0.2) is 4.99 Å². The summed E-state index contributed by atoms with van der Waals surface area (Å²) in [5.41, 5.74) is 0. The molecule has 0 aromatic heterocycles. The fourth-order valence-electron chi connectivity index (χ4n) is 2.36. The topological polar surface area (TPSA) is 48.9 Å². The zero-order chi connectivity index (χ0) is 13.8. The van der Waals surface area contributed by atoms with Crippen LogP contribution in [-0.4, -0.2) is 64.3 Å². The summed E-state index contributed by atoms with van der Waals surface area (Å²) in [6.45, 7) is 6.23. The SMILES string of the molecule is CN=C(NCCCN1CCCCCC1)NCCOC. The molecule has 0 aromatic rings. The van der Waals surface area contributed by atoms with Crippen molar-refractivity contribution in [1.29, 1.82) is 0 Å². The largest absolute Gasteiger partial charge is 0.383 e. The second-order valence-corrected chi connectivity index (χ2v) is 5.03. The third-order valence-corrected chi connectivity index (χ3v) is 3.46. The molecule has 1 saturated heterocycles. The number of aliphatic imine (C=N–C) groups is 1. The van der Waals surface area contributed by atoms with Gasteiger partial charge < -0.3 is 20.3 Å². The third-order valence-electron chi connectivity index (χ3n) is 3.46. The van der Waals surface area contributed by atoms with E-state index < -0.39 is 0 Å². The molecule has 0 bridgehead atoms. The number of hydrogen-bond acceptors (Lipinski definition) is 3. The Morgan fingerprint density at radius 1 is 1.11 bits per heavy atom. The van der Waals surface area contributed by atoms with Gasteiger partial charge in [-0.3, -0.25) is 4.99 Å². The van der Waals surface area contributed by atoms with Crippen molar-refractivity contribution in [3.8, 4) is 0 Å². The average molecular weight is 270 g/mol. The van der Waals surface area contributed by atoms with E-state index in [1.807, 2.05) is 0 Å². The van der Waals surface area contributed by atoms with Gasteiger partial charge in [-0.2, -0.15) is 0 Å². The average Bonchev–Trinajstić information content (AvgIpc) is 2.70. The molecule has 0 aliphatic carbocycles. The number of hydrogen-bond donors (Lipinski definition) is 2. The summed E-state index contributed by atoms with van der Waals surface area (Å²) in [6, 6.07) is 0. The highest BCUT2D eigenvalue weighted by atomic mass is 16.5. The second-order valence-electron chi connectivity index (χ2n) is 5.03. The molecule has 0 radical (unpaired) electrons. The van der Waals surface area contributed by atoms with Crippen molar-refractivity contribution in [2.24, 2.45) is 4.99 Å². The number of rotatable bonds is 7. The fourth-order valence-corrected chi connectivity index (χ4v) is 2.36. The lowest BCUT2D eigenvalue weighted by Crippen LogP contribution is -2.40. The zero-order valence-corrected chi connectivity index (χ0v) is 12.6. The Morgan fingerprint density at radius 3 is 2.42 bits per heavy atom. The normalized spacial score (nSPS) is 18.1. The molecule has 2 N–H and O–H groups in total. The molecule has 0 atom stereocenters. The van der Waals surface area contributed by atoms with Crippen LogP contribution >= 0.6 is 0 Å². The van der Waals surface area contributed by atoms with Gasteiger partial charge in [-0.1, -0.05) is 12.8 Å². The van der Waals surface area contributed by atoms with Crippen LogP contribution in [0, 0.1) is 0 Å². The summed E-state index contributed by atoms with van der Waals surface area (Å²) < 4.78 is 5.00. The Bertz CT molecular complexity index is 238. The molecule has 1 rings (SSSR count). The highest BCUT2D eigenvalue weighted by Gasteiger charge is 2.07. The highest BCUT2D eigenvalue weighted by molar-refractivity contribution is 5.79. The minimum Gasteiger partial charge on any atom is -0.383 e. The van der Waals surface area contributed by atoms with Gasteiger partial charge in [0.2, 0.25) is 0 Å². The Kier molecular flexibility index (Phi) is 9.45. The van der Waals surface area contributed by atoms with Crippen LogP contribution < -0.4 is 10.6 Å².